The summed E-state index contributed by atoms with van der Waals surface area (Å²) in [6, 6.07) is 11.9. The van der Waals surface area contributed by atoms with Crippen molar-refractivity contribution in [2.45, 2.75) is 32.0 Å². The summed E-state index contributed by atoms with van der Waals surface area (Å²) >= 11 is 4.31. The number of nitrogens with zero attached hydrogens (tertiary/aromatic N) is 4. The topological polar surface area (TPSA) is 81.3 Å². The number of aryl methyl sites for hydroxylation is 2. The van der Waals surface area contributed by atoms with Crippen molar-refractivity contribution in [2.24, 2.45) is 0 Å². The molecule has 1 N–H and O–H groups in total. The third-order valence-electron chi connectivity index (χ3n) is 5.41. The fourth-order valence-electron chi connectivity index (χ4n) is 3.80. The molecule has 5 rings (SSSR count). The average molecular weight is 496 g/mol. The van der Waals surface area contributed by atoms with Crippen LogP contribution in [0.5, 0.6) is 0 Å². The maximum absolute atomic E-state index is 13.1. The number of thioether (sulfide) groups is 1. The van der Waals surface area contributed by atoms with Crippen molar-refractivity contribution >= 4 is 62.0 Å². The van der Waals surface area contributed by atoms with Crippen LogP contribution in [0, 0.1) is 6.92 Å². The van der Waals surface area contributed by atoms with Crippen LogP contribution in [0.4, 0.5) is 5.69 Å². The van der Waals surface area contributed by atoms with Crippen LogP contribution in [-0.4, -0.2) is 30.8 Å². The second kappa shape index (κ2) is 9.12. The van der Waals surface area contributed by atoms with Gasteiger partial charge < -0.3 is 5.32 Å². The summed E-state index contributed by atoms with van der Waals surface area (Å²) in [6.45, 7) is 4.50. The molecule has 4 aromatic heterocycles. The van der Waals surface area contributed by atoms with Crippen molar-refractivity contribution in [2.75, 3.05) is 11.1 Å². The molecule has 0 bridgehead atoms. The molecule has 0 spiro atoms. The Morgan fingerprint density at radius 2 is 2.00 bits per heavy atom. The number of para-hydroxylation sites is 1. The van der Waals surface area contributed by atoms with E-state index in [0.717, 1.165) is 33.6 Å². The van der Waals surface area contributed by atoms with Crippen LogP contribution < -0.4 is 10.9 Å². The van der Waals surface area contributed by atoms with Crippen LogP contribution in [-0.2, 0) is 17.8 Å². The Labute approximate surface area is 202 Å². The molecule has 33 heavy (non-hydrogen) atoms. The number of benzene rings is 1. The van der Waals surface area contributed by atoms with Gasteiger partial charge in [-0.15, -0.1) is 32.9 Å². The first-order valence-electron chi connectivity index (χ1n) is 10.5. The fraction of sp³-hybridized carbons (Fsp3) is 0.217. The summed E-state index contributed by atoms with van der Waals surface area (Å²) in [5, 5.41) is 16.2. The van der Waals surface area contributed by atoms with Crippen molar-refractivity contribution in [3.63, 3.8) is 0 Å². The van der Waals surface area contributed by atoms with E-state index in [1.165, 1.54) is 23.1 Å². The Balaban J connectivity index is 1.46. The number of aromatic nitrogens is 4. The first-order valence-corrected chi connectivity index (χ1v) is 13.2. The van der Waals surface area contributed by atoms with Gasteiger partial charge in [0.25, 0.3) is 5.56 Å². The van der Waals surface area contributed by atoms with Gasteiger partial charge in [-0.05, 0) is 47.4 Å². The highest BCUT2D eigenvalue weighted by atomic mass is 32.2. The van der Waals surface area contributed by atoms with E-state index in [2.05, 4.69) is 22.4 Å². The van der Waals surface area contributed by atoms with E-state index in [-0.39, 0.29) is 17.2 Å². The Morgan fingerprint density at radius 3 is 2.79 bits per heavy atom. The van der Waals surface area contributed by atoms with Gasteiger partial charge in [-0.2, -0.15) is 0 Å². The van der Waals surface area contributed by atoms with Gasteiger partial charge in [0.1, 0.15) is 4.70 Å². The van der Waals surface area contributed by atoms with Crippen molar-refractivity contribution in [3.8, 4) is 0 Å². The standard InChI is InChI=1S/C23H21N5O2S3/c1-3-15-7-4-6-14(2)19(15)24-18(29)13-33-23-26-25-22-27(12-16-8-5-10-31-16)21(30)20-17(28(22)23)9-11-32-20/h4-11H,3,12-13H2,1-2H3,(H,24,29). The number of carbonyl (C=O) groups excluding carboxylic acids is 1. The lowest BCUT2D eigenvalue weighted by Gasteiger charge is -2.12. The zero-order chi connectivity index (χ0) is 22.9. The molecule has 7 nitrogen and oxygen atoms in total. The molecular formula is C23H21N5O2S3. The Kier molecular flexibility index (Phi) is 6.05. The maximum Gasteiger partial charge on any atom is 0.273 e. The molecule has 0 atom stereocenters. The lowest BCUT2D eigenvalue weighted by molar-refractivity contribution is -0.113. The highest BCUT2D eigenvalue weighted by Crippen LogP contribution is 2.26. The van der Waals surface area contributed by atoms with Crippen molar-refractivity contribution in [3.05, 3.63) is 73.5 Å². The van der Waals surface area contributed by atoms with Crippen molar-refractivity contribution < 1.29 is 4.79 Å². The summed E-state index contributed by atoms with van der Waals surface area (Å²) < 4.78 is 4.19. The predicted molar refractivity (Wildman–Crippen MR) is 136 cm³/mol. The molecule has 0 fully saturated rings. The van der Waals surface area contributed by atoms with Crippen LogP contribution in [0.1, 0.15) is 22.9 Å². The van der Waals surface area contributed by atoms with Crippen molar-refractivity contribution in [1.82, 2.24) is 19.2 Å². The lowest BCUT2D eigenvalue weighted by Crippen LogP contribution is -2.22. The second-order valence-electron chi connectivity index (χ2n) is 7.52. The monoisotopic (exact) mass is 495 g/mol. The molecule has 0 aliphatic rings. The highest BCUT2D eigenvalue weighted by molar-refractivity contribution is 7.99. The molecule has 0 saturated heterocycles. The molecule has 10 heteroatoms. The van der Waals surface area contributed by atoms with Gasteiger partial charge in [0.05, 0.1) is 17.8 Å². The summed E-state index contributed by atoms with van der Waals surface area (Å²) in [5.74, 6) is 0.567. The number of nitrogens with one attached hydrogen (secondary N) is 1. The molecular weight excluding hydrogens is 474 g/mol. The van der Waals surface area contributed by atoms with Gasteiger partial charge in [0, 0.05) is 10.6 Å². The van der Waals surface area contributed by atoms with E-state index in [9.17, 15) is 9.59 Å². The number of hydrogen-bond donors (Lipinski definition) is 1. The molecule has 0 saturated carbocycles. The quantitative estimate of drug-likeness (QED) is 0.328. The molecule has 168 valence electrons. The molecule has 4 heterocycles. The molecule has 0 radical (unpaired) electrons. The lowest BCUT2D eigenvalue weighted by atomic mass is 10.1. The average Bonchev–Trinajstić information content (AvgIpc) is 3.57. The number of thiophene rings is 2. The van der Waals surface area contributed by atoms with E-state index < -0.39 is 0 Å². The first kappa shape index (κ1) is 21.9. The number of hydrogen-bond acceptors (Lipinski definition) is 7. The highest BCUT2D eigenvalue weighted by Gasteiger charge is 2.19. The third-order valence-corrected chi connectivity index (χ3v) is 8.09. The van der Waals surface area contributed by atoms with Crippen LogP contribution in [0.25, 0.3) is 16.0 Å². The summed E-state index contributed by atoms with van der Waals surface area (Å²) in [7, 11) is 0. The van der Waals surface area contributed by atoms with Gasteiger partial charge in [0.2, 0.25) is 11.7 Å². The number of anilines is 1. The molecule has 0 unspecified atom stereocenters. The van der Waals surface area contributed by atoms with Crippen LogP contribution >= 0.6 is 34.4 Å². The molecule has 5 aromatic rings. The Hall–Kier alpha value is -2.95. The second-order valence-corrected chi connectivity index (χ2v) is 10.4. The third kappa shape index (κ3) is 4.09. The number of rotatable bonds is 7. The van der Waals surface area contributed by atoms with Gasteiger partial charge in [-0.1, -0.05) is 43.0 Å². The molecule has 1 amide bonds. The summed E-state index contributed by atoms with van der Waals surface area (Å²) in [5.41, 5.74) is 3.72. The SMILES string of the molecule is CCc1cccc(C)c1NC(=O)CSc1nnc2n(Cc3cccs3)c(=O)c3sccc3n12. The van der Waals surface area contributed by atoms with E-state index in [1.807, 2.05) is 58.5 Å². The van der Waals surface area contributed by atoms with Crippen molar-refractivity contribution in [1.29, 1.82) is 0 Å². The largest absolute Gasteiger partial charge is 0.325 e. The minimum Gasteiger partial charge on any atom is -0.325 e. The Morgan fingerprint density at radius 1 is 1.12 bits per heavy atom. The Bertz CT molecular complexity index is 1510. The number of amides is 1. The molecule has 1 aromatic carbocycles. The summed E-state index contributed by atoms with van der Waals surface area (Å²) in [6.07, 6.45) is 0.844. The zero-order valence-corrected chi connectivity index (χ0v) is 20.5. The van der Waals surface area contributed by atoms with Crippen LogP contribution in [0.15, 0.2) is 57.1 Å². The van der Waals surface area contributed by atoms with Crippen LogP contribution in [0.2, 0.25) is 0 Å². The zero-order valence-electron chi connectivity index (χ0n) is 18.1. The van der Waals surface area contributed by atoms with E-state index in [0.29, 0.717) is 22.2 Å². The number of fused-ring (bicyclic) bond motifs is 3. The minimum atomic E-state index is -0.103. The van der Waals surface area contributed by atoms with Gasteiger partial charge in [-0.25, -0.2) is 0 Å². The summed E-state index contributed by atoms with van der Waals surface area (Å²) in [4.78, 5) is 27.0. The normalized spacial score (nSPS) is 11.5. The first-order chi connectivity index (χ1) is 16.1. The van der Waals surface area contributed by atoms with E-state index in [4.69, 9.17) is 0 Å². The van der Waals surface area contributed by atoms with Crippen LogP contribution in [0.3, 0.4) is 0 Å². The predicted octanol–water partition coefficient (Wildman–Crippen LogP) is 4.82. The van der Waals surface area contributed by atoms with Gasteiger partial charge >= 0.3 is 0 Å². The smallest absolute Gasteiger partial charge is 0.273 e. The van der Waals surface area contributed by atoms with Gasteiger partial charge in [0.15, 0.2) is 5.16 Å². The fourth-order valence-corrected chi connectivity index (χ4v) is 6.06. The molecule has 0 aliphatic heterocycles. The van der Waals surface area contributed by atoms with E-state index >= 15 is 0 Å². The minimum absolute atomic E-state index is 0.0748. The molecule has 0 aliphatic carbocycles. The maximum atomic E-state index is 13.1. The number of carbonyl (C=O) groups is 1. The van der Waals surface area contributed by atoms with E-state index in [1.54, 1.807) is 15.9 Å². The van der Waals surface area contributed by atoms with Gasteiger partial charge in [-0.3, -0.25) is 18.6 Å².